The van der Waals surface area contributed by atoms with Crippen LogP contribution in [0.3, 0.4) is 0 Å². The average Bonchev–Trinajstić information content (AvgIpc) is 2.15. The number of hydrogen-bond donors (Lipinski definition) is 1. The van der Waals surface area contributed by atoms with E-state index in [9.17, 15) is 13.2 Å². The van der Waals surface area contributed by atoms with Crippen molar-refractivity contribution in [3.05, 3.63) is 12.2 Å². The molecule has 0 rings (SSSR count). The first-order valence-electron chi connectivity index (χ1n) is 5.16. The van der Waals surface area contributed by atoms with E-state index in [0.29, 0.717) is 6.42 Å². The van der Waals surface area contributed by atoms with Gasteiger partial charge in [-0.2, -0.15) is 8.42 Å². The smallest absolute Gasteiger partial charge is 0.335 e. The van der Waals surface area contributed by atoms with Gasteiger partial charge in [0, 0.05) is 5.57 Å². The Bertz CT molecular complexity index is 372. The van der Waals surface area contributed by atoms with Crippen LogP contribution in [-0.2, 0) is 24.4 Å². The van der Waals surface area contributed by atoms with E-state index >= 15 is 0 Å². The number of carbonyl (C=O) groups is 1. The Balaban J connectivity index is 4.47. The fourth-order valence-corrected chi connectivity index (χ4v) is 1.85. The van der Waals surface area contributed by atoms with Crippen LogP contribution in [0, 0.1) is 0 Å². The summed E-state index contributed by atoms with van der Waals surface area (Å²) < 4.78 is 40.5. The van der Waals surface area contributed by atoms with Gasteiger partial charge in [-0.05, 0) is 20.3 Å². The lowest BCUT2D eigenvalue weighted by molar-refractivity contribution is -0.174. The lowest BCUT2D eigenvalue weighted by Crippen LogP contribution is -2.30. The molecule has 0 heterocycles. The molecular weight excluding hydrogens is 248 g/mol. The largest absolute Gasteiger partial charge is 0.433 e. The van der Waals surface area contributed by atoms with Crippen molar-refractivity contribution in [2.75, 3.05) is 0 Å². The lowest BCUT2D eigenvalue weighted by Gasteiger charge is -2.19. The average molecular weight is 266 g/mol. The van der Waals surface area contributed by atoms with Crippen LogP contribution in [0.5, 0.6) is 0 Å². The molecule has 0 radical (unpaired) electrons. The van der Waals surface area contributed by atoms with Gasteiger partial charge in [-0.15, -0.1) is 0 Å². The number of carbonyl (C=O) groups excluding carboxylic acids is 1. The summed E-state index contributed by atoms with van der Waals surface area (Å²) in [5.74, 6) is -0.678. The Morgan fingerprint density at radius 2 is 2.00 bits per heavy atom. The van der Waals surface area contributed by atoms with E-state index in [0.717, 1.165) is 0 Å². The molecular formula is C10H18O6S. The summed E-state index contributed by atoms with van der Waals surface area (Å²) in [7, 11) is -4.31. The van der Waals surface area contributed by atoms with Crippen LogP contribution in [0.4, 0.5) is 0 Å². The summed E-state index contributed by atoms with van der Waals surface area (Å²) in [5.41, 5.74) is -1.21. The van der Waals surface area contributed by atoms with Crippen molar-refractivity contribution in [3.8, 4) is 0 Å². The molecule has 0 aliphatic carbocycles. The second-order valence-corrected chi connectivity index (χ2v) is 5.18. The highest BCUT2D eigenvalue weighted by Crippen LogP contribution is 2.13. The van der Waals surface area contributed by atoms with Crippen molar-refractivity contribution < 1.29 is 27.2 Å². The summed E-state index contributed by atoms with van der Waals surface area (Å²) in [5, 5.41) is 0. The molecule has 1 N–H and O–H groups in total. The predicted molar refractivity (Wildman–Crippen MR) is 61.7 cm³/mol. The second-order valence-electron chi connectivity index (χ2n) is 3.62. The van der Waals surface area contributed by atoms with Gasteiger partial charge in [-0.25, -0.2) is 4.79 Å². The Hall–Kier alpha value is -0.920. The van der Waals surface area contributed by atoms with Gasteiger partial charge in [-0.3, -0.25) is 4.55 Å². The zero-order chi connectivity index (χ0) is 13.6. The third-order valence-electron chi connectivity index (χ3n) is 1.82. The minimum absolute atomic E-state index is 0.119. The Kier molecular flexibility index (Phi) is 6.36. The molecule has 0 aliphatic heterocycles. The lowest BCUT2D eigenvalue weighted by atomic mass is 10.3. The molecule has 6 nitrogen and oxygen atoms in total. The molecule has 0 saturated heterocycles. The Morgan fingerprint density at radius 3 is 2.35 bits per heavy atom. The first kappa shape index (κ1) is 16.1. The van der Waals surface area contributed by atoms with E-state index in [1.165, 1.54) is 13.8 Å². The van der Waals surface area contributed by atoms with Crippen molar-refractivity contribution >= 4 is 16.1 Å². The second kappa shape index (κ2) is 6.73. The summed E-state index contributed by atoms with van der Waals surface area (Å²) in [4.78, 5) is 11.1. The van der Waals surface area contributed by atoms with Gasteiger partial charge in [0.05, 0.1) is 0 Å². The van der Waals surface area contributed by atoms with E-state index in [1.807, 2.05) is 0 Å². The van der Waals surface area contributed by atoms with Crippen molar-refractivity contribution in [2.24, 2.45) is 0 Å². The maximum atomic E-state index is 11.1. The van der Waals surface area contributed by atoms with Gasteiger partial charge in [0.1, 0.15) is 0 Å². The van der Waals surface area contributed by atoms with Crippen LogP contribution >= 0.6 is 0 Å². The number of rotatable bonds is 7. The molecule has 0 saturated carbocycles. The van der Waals surface area contributed by atoms with Crippen LogP contribution in [0.15, 0.2) is 12.2 Å². The summed E-state index contributed by atoms with van der Waals surface area (Å²) in [6, 6.07) is 0. The summed E-state index contributed by atoms with van der Waals surface area (Å²) in [6.45, 7) is 7.95. The van der Waals surface area contributed by atoms with Gasteiger partial charge < -0.3 is 9.47 Å². The molecule has 0 spiro atoms. The molecule has 0 fully saturated rings. The van der Waals surface area contributed by atoms with E-state index in [1.54, 1.807) is 6.92 Å². The zero-order valence-electron chi connectivity index (χ0n) is 10.2. The van der Waals surface area contributed by atoms with E-state index < -0.39 is 27.8 Å². The molecule has 0 aromatic carbocycles. The summed E-state index contributed by atoms with van der Waals surface area (Å²) in [6.07, 6.45) is -0.447. The normalized spacial score (nSPS) is 15.1. The molecule has 2 unspecified atom stereocenters. The van der Waals surface area contributed by atoms with Gasteiger partial charge in [-0.1, -0.05) is 19.9 Å². The number of ether oxygens (including phenoxy) is 2. The fourth-order valence-electron chi connectivity index (χ4n) is 1.02. The van der Waals surface area contributed by atoms with Gasteiger partial charge in [0.25, 0.3) is 10.1 Å². The third-order valence-corrected chi connectivity index (χ3v) is 2.83. The first-order chi connectivity index (χ1) is 7.68. The van der Waals surface area contributed by atoms with Crippen LogP contribution in [0.1, 0.15) is 33.6 Å². The molecule has 0 aromatic rings. The molecule has 17 heavy (non-hydrogen) atoms. The molecule has 0 aromatic heterocycles. The highest BCUT2D eigenvalue weighted by Gasteiger charge is 2.26. The van der Waals surface area contributed by atoms with Crippen molar-refractivity contribution in [2.45, 2.75) is 45.3 Å². The monoisotopic (exact) mass is 266 g/mol. The minimum Gasteiger partial charge on any atom is -0.433 e. The Morgan fingerprint density at radius 1 is 1.47 bits per heavy atom. The highest BCUT2D eigenvalue weighted by atomic mass is 32.2. The standard InChI is InChI=1S/C10H18O6S/c1-5-6-9(17(12,13)14)15-8(4)16-10(11)7(2)3/h8-9H,2,5-6H2,1,3-4H3,(H,12,13,14). The van der Waals surface area contributed by atoms with Crippen LogP contribution in [0.2, 0.25) is 0 Å². The van der Waals surface area contributed by atoms with E-state index in [4.69, 9.17) is 14.0 Å². The van der Waals surface area contributed by atoms with Crippen molar-refractivity contribution in [1.82, 2.24) is 0 Å². The fraction of sp³-hybridized carbons (Fsp3) is 0.700. The highest BCUT2D eigenvalue weighted by molar-refractivity contribution is 7.86. The van der Waals surface area contributed by atoms with E-state index in [2.05, 4.69) is 6.58 Å². The quantitative estimate of drug-likeness (QED) is 0.325. The Labute approximate surface area is 101 Å². The maximum absolute atomic E-state index is 11.1. The predicted octanol–water partition coefficient (Wildman–Crippen LogP) is 1.48. The topological polar surface area (TPSA) is 89.9 Å². The first-order valence-corrected chi connectivity index (χ1v) is 6.67. The summed E-state index contributed by atoms with van der Waals surface area (Å²) >= 11 is 0. The van der Waals surface area contributed by atoms with Crippen molar-refractivity contribution in [1.29, 1.82) is 0 Å². The minimum atomic E-state index is -4.31. The van der Waals surface area contributed by atoms with Crippen LogP contribution in [-0.4, -0.2) is 30.7 Å². The molecule has 0 aliphatic rings. The van der Waals surface area contributed by atoms with Crippen LogP contribution < -0.4 is 0 Å². The number of hydrogen-bond acceptors (Lipinski definition) is 5. The molecule has 7 heteroatoms. The SMILES string of the molecule is C=C(C)C(=O)OC(C)OC(CCC)S(=O)(=O)O. The van der Waals surface area contributed by atoms with Crippen LogP contribution in [0.25, 0.3) is 0 Å². The third kappa shape index (κ3) is 6.40. The van der Waals surface area contributed by atoms with Gasteiger partial charge >= 0.3 is 5.97 Å². The molecule has 2 atom stereocenters. The molecule has 100 valence electrons. The zero-order valence-corrected chi connectivity index (χ0v) is 11.0. The van der Waals surface area contributed by atoms with Gasteiger partial charge in [0.2, 0.25) is 6.29 Å². The number of esters is 1. The molecule has 0 amide bonds. The van der Waals surface area contributed by atoms with Gasteiger partial charge in [0.15, 0.2) is 5.44 Å². The van der Waals surface area contributed by atoms with E-state index in [-0.39, 0.29) is 12.0 Å². The molecule has 0 bridgehead atoms. The van der Waals surface area contributed by atoms with Crippen molar-refractivity contribution in [3.63, 3.8) is 0 Å². The maximum Gasteiger partial charge on any atom is 0.335 e.